The summed E-state index contributed by atoms with van der Waals surface area (Å²) in [6.07, 6.45) is 1.08. The van der Waals surface area contributed by atoms with E-state index < -0.39 is 11.9 Å². The number of hydrogen-bond acceptors (Lipinski definition) is 4. The van der Waals surface area contributed by atoms with Crippen LogP contribution in [0.1, 0.15) is 15.9 Å². The molecule has 0 unspecified atom stereocenters. The Morgan fingerprint density at radius 3 is 2.47 bits per heavy atom. The maximum atomic E-state index is 11.5. The Morgan fingerprint density at radius 2 is 1.88 bits per heavy atom. The quantitative estimate of drug-likeness (QED) is 0.583. The van der Waals surface area contributed by atoms with Crippen LogP contribution >= 0.6 is 23.2 Å². The number of carbonyl (C=O) groups excluding carboxylic acids is 2. The molecule has 1 aromatic carbocycles. The van der Waals surface area contributed by atoms with Crippen LogP contribution in [0, 0.1) is 0 Å². The van der Waals surface area contributed by atoms with Crippen LogP contribution in [0.4, 0.5) is 0 Å². The Morgan fingerprint density at radius 1 is 1.29 bits per heavy atom. The van der Waals surface area contributed by atoms with E-state index >= 15 is 0 Å². The topological polar surface area (TPSA) is 52.6 Å². The fourth-order valence-electron chi connectivity index (χ4n) is 1.40. The lowest BCUT2D eigenvalue weighted by atomic mass is 10.1. The molecule has 1 aromatic rings. The predicted molar refractivity (Wildman–Crippen MR) is 61.9 cm³/mol. The molecule has 0 amide bonds. The molecule has 1 heterocycles. The van der Waals surface area contributed by atoms with E-state index in [4.69, 9.17) is 27.9 Å². The molecular formula is C11H6Cl2O4. The highest BCUT2D eigenvalue weighted by atomic mass is 35.5. The zero-order valence-corrected chi connectivity index (χ0v) is 10.1. The maximum absolute atomic E-state index is 11.5. The second-order valence-electron chi connectivity index (χ2n) is 3.23. The van der Waals surface area contributed by atoms with E-state index in [2.05, 4.69) is 4.74 Å². The Bertz CT molecular complexity index is 549. The molecule has 0 spiro atoms. The van der Waals surface area contributed by atoms with Crippen molar-refractivity contribution in [2.75, 3.05) is 7.11 Å². The number of cyclic esters (lactones) is 1. The normalized spacial score (nSPS) is 15.7. The monoisotopic (exact) mass is 272 g/mol. The second kappa shape index (κ2) is 4.39. The molecule has 0 N–H and O–H groups in total. The highest BCUT2D eigenvalue weighted by molar-refractivity contribution is 6.42. The number of halogens is 2. The third-order valence-corrected chi connectivity index (χ3v) is 2.92. The SMILES string of the molecule is COC(=O)/C=C1/OC(=O)c2cc(Cl)c(Cl)cc21. The van der Waals surface area contributed by atoms with Crippen LogP contribution in [-0.2, 0) is 14.3 Å². The van der Waals surface area contributed by atoms with Crippen molar-refractivity contribution in [2.45, 2.75) is 0 Å². The van der Waals surface area contributed by atoms with E-state index in [0.29, 0.717) is 5.56 Å². The standard InChI is InChI=1S/C11H6Cl2O4/c1-16-10(14)4-9-5-2-7(12)8(13)3-6(5)11(15)17-9/h2-4H,1H3/b9-4+. The Balaban J connectivity index is 2.54. The van der Waals surface area contributed by atoms with Crippen LogP contribution in [0.3, 0.4) is 0 Å². The first-order chi connectivity index (χ1) is 8.02. The summed E-state index contributed by atoms with van der Waals surface area (Å²) < 4.78 is 9.37. The molecule has 0 aromatic heterocycles. The molecule has 0 radical (unpaired) electrons. The minimum absolute atomic E-state index is 0.107. The van der Waals surface area contributed by atoms with Gasteiger partial charge in [-0.1, -0.05) is 23.2 Å². The van der Waals surface area contributed by atoms with E-state index in [0.717, 1.165) is 6.08 Å². The number of benzene rings is 1. The number of methoxy groups -OCH3 is 1. The summed E-state index contributed by atoms with van der Waals surface area (Å²) >= 11 is 11.6. The number of esters is 2. The van der Waals surface area contributed by atoms with Crippen molar-refractivity contribution < 1.29 is 19.1 Å². The van der Waals surface area contributed by atoms with Gasteiger partial charge < -0.3 is 9.47 Å². The minimum atomic E-state index is -0.619. The Labute approximate surface area is 107 Å². The lowest BCUT2D eigenvalue weighted by molar-refractivity contribution is -0.134. The van der Waals surface area contributed by atoms with Gasteiger partial charge in [0.15, 0.2) is 0 Å². The van der Waals surface area contributed by atoms with Crippen molar-refractivity contribution in [1.29, 1.82) is 0 Å². The minimum Gasteiger partial charge on any atom is -0.466 e. The molecule has 2 rings (SSSR count). The maximum Gasteiger partial charge on any atom is 0.344 e. The molecule has 88 valence electrons. The number of fused-ring (bicyclic) bond motifs is 1. The first-order valence-corrected chi connectivity index (χ1v) is 5.29. The molecular weight excluding hydrogens is 267 g/mol. The van der Waals surface area contributed by atoms with Crippen LogP contribution in [0.25, 0.3) is 5.76 Å². The van der Waals surface area contributed by atoms with Crippen LogP contribution in [0.15, 0.2) is 18.2 Å². The Hall–Kier alpha value is -1.52. The number of rotatable bonds is 1. The molecule has 1 aliphatic rings. The molecule has 0 fully saturated rings. The van der Waals surface area contributed by atoms with Crippen molar-refractivity contribution in [1.82, 2.24) is 0 Å². The molecule has 1 aliphatic heterocycles. The summed E-state index contributed by atoms with van der Waals surface area (Å²) in [6.45, 7) is 0. The first-order valence-electron chi connectivity index (χ1n) is 4.54. The molecule has 0 saturated carbocycles. The number of hydrogen-bond donors (Lipinski definition) is 0. The van der Waals surface area contributed by atoms with Crippen LogP contribution < -0.4 is 0 Å². The molecule has 0 bridgehead atoms. The third kappa shape index (κ3) is 2.14. The second-order valence-corrected chi connectivity index (χ2v) is 4.05. The molecule has 0 saturated heterocycles. The van der Waals surface area contributed by atoms with E-state index in [1.54, 1.807) is 0 Å². The molecule has 0 atom stereocenters. The van der Waals surface area contributed by atoms with Crippen LogP contribution in [-0.4, -0.2) is 19.0 Å². The number of ether oxygens (including phenoxy) is 2. The van der Waals surface area contributed by atoms with E-state index in [-0.39, 0.29) is 21.4 Å². The van der Waals surface area contributed by atoms with Gasteiger partial charge in [-0.05, 0) is 12.1 Å². The van der Waals surface area contributed by atoms with Crippen molar-refractivity contribution in [2.24, 2.45) is 0 Å². The summed E-state index contributed by atoms with van der Waals surface area (Å²) in [4.78, 5) is 22.6. The third-order valence-electron chi connectivity index (χ3n) is 2.20. The smallest absolute Gasteiger partial charge is 0.344 e. The highest BCUT2D eigenvalue weighted by Crippen LogP contribution is 2.35. The van der Waals surface area contributed by atoms with Gasteiger partial charge in [-0.25, -0.2) is 9.59 Å². The van der Waals surface area contributed by atoms with Gasteiger partial charge in [0.2, 0.25) is 0 Å². The van der Waals surface area contributed by atoms with Gasteiger partial charge in [-0.15, -0.1) is 0 Å². The highest BCUT2D eigenvalue weighted by Gasteiger charge is 2.28. The first kappa shape index (κ1) is 12.0. The van der Waals surface area contributed by atoms with E-state index in [1.165, 1.54) is 19.2 Å². The summed E-state index contributed by atoms with van der Waals surface area (Å²) in [5.74, 6) is -1.09. The van der Waals surface area contributed by atoms with Gasteiger partial charge in [0, 0.05) is 5.56 Å². The molecule has 4 nitrogen and oxygen atoms in total. The molecule has 17 heavy (non-hydrogen) atoms. The van der Waals surface area contributed by atoms with Crippen molar-refractivity contribution in [3.63, 3.8) is 0 Å². The summed E-state index contributed by atoms with van der Waals surface area (Å²) in [5, 5.41) is 0.529. The van der Waals surface area contributed by atoms with Crippen molar-refractivity contribution in [3.8, 4) is 0 Å². The summed E-state index contributed by atoms with van der Waals surface area (Å²) in [7, 11) is 1.23. The lowest BCUT2D eigenvalue weighted by Gasteiger charge is -1.99. The average Bonchev–Trinajstić information content (AvgIpc) is 2.57. The zero-order valence-electron chi connectivity index (χ0n) is 8.62. The van der Waals surface area contributed by atoms with Crippen LogP contribution in [0.2, 0.25) is 10.0 Å². The fraction of sp³-hybridized carbons (Fsp3) is 0.0909. The number of carbonyl (C=O) groups is 2. The van der Waals surface area contributed by atoms with Crippen molar-refractivity contribution >= 4 is 40.9 Å². The predicted octanol–water partition coefficient (Wildman–Crippen LogP) is 2.68. The average molecular weight is 273 g/mol. The molecule has 0 aliphatic carbocycles. The van der Waals surface area contributed by atoms with Crippen molar-refractivity contribution in [3.05, 3.63) is 39.4 Å². The Kier molecular flexibility index (Phi) is 3.09. The van der Waals surface area contributed by atoms with Gasteiger partial charge in [0.1, 0.15) is 5.76 Å². The van der Waals surface area contributed by atoms with Crippen LogP contribution in [0.5, 0.6) is 0 Å². The van der Waals surface area contributed by atoms with Gasteiger partial charge in [-0.2, -0.15) is 0 Å². The van der Waals surface area contributed by atoms with Gasteiger partial charge in [-0.3, -0.25) is 0 Å². The van der Waals surface area contributed by atoms with E-state index in [1.807, 2.05) is 0 Å². The van der Waals surface area contributed by atoms with Gasteiger partial charge >= 0.3 is 11.9 Å². The summed E-state index contributed by atoms with van der Waals surface area (Å²) in [5.41, 5.74) is 0.698. The van der Waals surface area contributed by atoms with Gasteiger partial charge in [0.05, 0.1) is 28.8 Å². The zero-order chi connectivity index (χ0) is 12.6. The molecule has 6 heteroatoms. The van der Waals surface area contributed by atoms with Gasteiger partial charge in [0.25, 0.3) is 0 Å². The summed E-state index contributed by atoms with van der Waals surface area (Å²) in [6, 6.07) is 2.87. The fourth-order valence-corrected chi connectivity index (χ4v) is 1.73. The lowest BCUT2D eigenvalue weighted by Crippen LogP contribution is -1.97. The largest absolute Gasteiger partial charge is 0.466 e. The van der Waals surface area contributed by atoms with E-state index in [9.17, 15) is 9.59 Å².